The van der Waals surface area contributed by atoms with E-state index in [0.717, 1.165) is 18.8 Å². The fraction of sp³-hybridized carbons (Fsp3) is 0.846. The third-order valence-electron chi connectivity index (χ3n) is 3.44. The lowest BCUT2D eigenvalue weighted by Crippen LogP contribution is -2.40. The molecule has 86 valence electrons. The van der Waals surface area contributed by atoms with Crippen LogP contribution in [0.4, 0.5) is 0 Å². The van der Waals surface area contributed by atoms with Gasteiger partial charge in [0, 0.05) is 12.5 Å². The molecule has 1 fully saturated rings. The van der Waals surface area contributed by atoms with Crippen LogP contribution < -0.4 is 11.3 Å². The fourth-order valence-electron chi connectivity index (χ4n) is 2.52. The highest BCUT2D eigenvalue weighted by Crippen LogP contribution is 2.26. The minimum Gasteiger partial charge on any atom is -0.271 e. The summed E-state index contributed by atoms with van der Waals surface area (Å²) in [6.45, 7) is 1.90. The number of hydrogen-bond acceptors (Lipinski definition) is 2. The van der Waals surface area contributed by atoms with Gasteiger partial charge in [-0.1, -0.05) is 25.7 Å². The molecule has 0 heterocycles. The van der Waals surface area contributed by atoms with Crippen molar-refractivity contribution in [2.75, 3.05) is 0 Å². The zero-order chi connectivity index (χ0) is 10.9. The largest absolute Gasteiger partial charge is 0.271 e. The van der Waals surface area contributed by atoms with E-state index in [1.807, 2.05) is 6.92 Å². The topological polar surface area (TPSA) is 38.0 Å². The van der Waals surface area contributed by atoms with Crippen molar-refractivity contribution in [1.82, 2.24) is 5.43 Å². The molecule has 0 aromatic carbocycles. The molecule has 3 N–H and O–H groups in total. The van der Waals surface area contributed by atoms with E-state index in [-0.39, 0.29) is 0 Å². The molecule has 1 rings (SSSR count). The predicted molar refractivity (Wildman–Crippen MR) is 65.0 cm³/mol. The lowest BCUT2D eigenvalue weighted by Gasteiger charge is -2.24. The van der Waals surface area contributed by atoms with Gasteiger partial charge in [-0.25, -0.2) is 0 Å². The standard InChI is InChI=1S/C13H24N2/c1-2-3-6-11-13(15-14)12-9-7-4-5-8-10-12/h12-13,15H,4-11,14H2,1H3. The molecule has 0 saturated heterocycles. The summed E-state index contributed by atoms with van der Waals surface area (Å²) >= 11 is 0. The molecule has 0 radical (unpaired) electrons. The first-order valence-corrected chi connectivity index (χ1v) is 6.24. The third-order valence-corrected chi connectivity index (χ3v) is 3.44. The maximum Gasteiger partial charge on any atom is 0.0247 e. The summed E-state index contributed by atoms with van der Waals surface area (Å²) in [6, 6.07) is 0.476. The first-order chi connectivity index (χ1) is 7.38. The Morgan fingerprint density at radius 3 is 2.47 bits per heavy atom. The van der Waals surface area contributed by atoms with Gasteiger partial charge in [0.15, 0.2) is 0 Å². The second kappa shape index (κ2) is 7.73. The molecule has 1 aliphatic carbocycles. The van der Waals surface area contributed by atoms with Gasteiger partial charge in [0.1, 0.15) is 0 Å². The van der Waals surface area contributed by atoms with Crippen LogP contribution in [0.3, 0.4) is 0 Å². The minimum absolute atomic E-state index is 0.476. The zero-order valence-electron chi connectivity index (χ0n) is 9.89. The predicted octanol–water partition coefficient (Wildman–Crippen LogP) is 2.59. The van der Waals surface area contributed by atoms with Crippen LogP contribution in [0.25, 0.3) is 0 Å². The summed E-state index contributed by atoms with van der Waals surface area (Å²) in [6.07, 6.45) is 10.3. The van der Waals surface area contributed by atoms with E-state index >= 15 is 0 Å². The maximum absolute atomic E-state index is 5.64. The van der Waals surface area contributed by atoms with Crippen molar-refractivity contribution >= 4 is 0 Å². The van der Waals surface area contributed by atoms with Crippen LogP contribution in [0.5, 0.6) is 0 Å². The Kier molecular flexibility index (Phi) is 6.47. The van der Waals surface area contributed by atoms with Crippen LogP contribution in [0.15, 0.2) is 0 Å². The zero-order valence-corrected chi connectivity index (χ0v) is 9.89. The monoisotopic (exact) mass is 208 g/mol. The van der Waals surface area contributed by atoms with Crippen LogP contribution >= 0.6 is 0 Å². The molecular formula is C13H24N2. The lowest BCUT2D eigenvalue weighted by molar-refractivity contribution is 0.310. The van der Waals surface area contributed by atoms with Gasteiger partial charge >= 0.3 is 0 Å². The van der Waals surface area contributed by atoms with E-state index in [1.165, 1.54) is 38.5 Å². The molecular weight excluding hydrogens is 184 g/mol. The third kappa shape index (κ3) is 4.68. The van der Waals surface area contributed by atoms with Crippen LogP contribution in [-0.2, 0) is 0 Å². The number of nitrogens with one attached hydrogen (secondary N) is 1. The summed E-state index contributed by atoms with van der Waals surface area (Å²) in [7, 11) is 0. The van der Waals surface area contributed by atoms with Crippen molar-refractivity contribution in [1.29, 1.82) is 0 Å². The molecule has 2 heteroatoms. The van der Waals surface area contributed by atoms with Gasteiger partial charge in [-0.05, 0) is 32.1 Å². The molecule has 1 aliphatic rings. The van der Waals surface area contributed by atoms with Crippen molar-refractivity contribution in [3.8, 4) is 11.8 Å². The van der Waals surface area contributed by atoms with Gasteiger partial charge < -0.3 is 0 Å². The Bertz CT molecular complexity index is 206. The molecule has 0 amide bonds. The minimum atomic E-state index is 0.476. The van der Waals surface area contributed by atoms with Crippen molar-refractivity contribution < 1.29 is 0 Å². The first-order valence-electron chi connectivity index (χ1n) is 6.24. The highest BCUT2D eigenvalue weighted by molar-refractivity contribution is 4.96. The number of rotatable bonds is 4. The highest BCUT2D eigenvalue weighted by Gasteiger charge is 2.20. The van der Waals surface area contributed by atoms with E-state index in [9.17, 15) is 0 Å². The van der Waals surface area contributed by atoms with Crippen molar-refractivity contribution in [3.63, 3.8) is 0 Å². The Hall–Kier alpha value is -0.520. The van der Waals surface area contributed by atoms with Gasteiger partial charge in [0.05, 0.1) is 0 Å². The second-order valence-electron chi connectivity index (χ2n) is 4.49. The summed E-state index contributed by atoms with van der Waals surface area (Å²) in [5, 5.41) is 0. The van der Waals surface area contributed by atoms with Crippen LogP contribution in [0.1, 0.15) is 58.3 Å². The maximum atomic E-state index is 5.64. The number of hydrazine groups is 1. The van der Waals surface area contributed by atoms with Gasteiger partial charge in [-0.2, -0.15) is 0 Å². The van der Waals surface area contributed by atoms with Crippen LogP contribution in [0.2, 0.25) is 0 Å². The number of nitrogens with two attached hydrogens (primary N) is 1. The molecule has 0 aliphatic heterocycles. The normalized spacial score (nSPS) is 20.1. The molecule has 0 bridgehead atoms. The lowest BCUT2D eigenvalue weighted by atomic mass is 9.89. The summed E-state index contributed by atoms with van der Waals surface area (Å²) in [5.74, 6) is 12.5. The van der Waals surface area contributed by atoms with E-state index in [1.54, 1.807) is 0 Å². The SMILES string of the molecule is CC#CCCC(NN)C1CCCCCC1. The van der Waals surface area contributed by atoms with Crippen molar-refractivity contribution in [3.05, 3.63) is 0 Å². The first kappa shape index (κ1) is 12.5. The van der Waals surface area contributed by atoms with Gasteiger partial charge in [-0.3, -0.25) is 11.3 Å². The molecule has 0 spiro atoms. The summed E-state index contributed by atoms with van der Waals surface area (Å²) in [5.41, 5.74) is 2.99. The van der Waals surface area contributed by atoms with E-state index < -0.39 is 0 Å². The van der Waals surface area contributed by atoms with Crippen LogP contribution in [-0.4, -0.2) is 6.04 Å². The molecule has 1 unspecified atom stereocenters. The van der Waals surface area contributed by atoms with Crippen molar-refractivity contribution in [2.24, 2.45) is 11.8 Å². The average molecular weight is 208 g/mol. The molecule has 0 aromatic rings. The Balaban J connectivity index is 2.35. The number of hydrogen-bond donors (Lipinski definition) is 2. The fourth-order valence-corrected chi connectivity index (χ4v) is 2.52. The van der Waals surface area contributed by atoms with Gasteiger partial charge in [0.25, 0.3) is 0 Å². The molecule has 15 heavy (non-hydrogen) atoms. The summed E-state index contributed by atoms with van der Waals surface area (Å²) < 4.78 is 0. The van der Waals surface area contributed by atoms with E-state index in [4.69, 9.17) is 5.84 Å². The quantitative estimate of drug-likeness (QED) is 0.322. The van der Waals surface area contributed by atoms with Crippen LogP contribution in [0, 0.1) is 17.8 Å². The highest BCUT2D eigenvalue weighted by atomic mass is 15.2. The average Bonchev–Trinajstić information content (AvgIpc) is 2.53. The van der Waals surface area contributed by atoms with Gasteiger partial charge in [-0.15, -0.1) is 11.8 Å². The second-order valence-corrected chi connectivity index (χ2v) is 4.49. The smallest absolute Gasteiger partial charge is 0.0247 e. The molecule has 1 atom stereocenters. The molecule has 0 aromatic heterocycles. The molecule has 1 saturated carbocycles. The Morgan fingerprint density at radius 2 is 1.93 bits per heavy atom. The Labute approximate surface area is 94.0 Å². The Morgan fingerprint density at radius 1 is 1.27 bits per heavy atom. The van der Waals surface area contributed by atoms with E-state index in [2.05, 4.69) is 17.3 Å². The van der Waals surface area contributed by atoms with Crippen molar-refractivity contribution in [2.45, 2.75) is 64.3 Å². The summed E-state index contributed by atoms with van der Waals surface area (Å²) in [4.78, 5) is 0. The van der Waals surface area contributed by atoms with E-state index in [0.29, 0.717) is 6.04 Å². The molecule has 2 nitrogen and oxygen atoms in total. The van der Waals surface area contributed by atoms with Gasteiger partial charge in [0.2, 0.25) is 0 Å².